The molecular formula is C30H23BrN2O4S. The van der Waals surface area contributed by atoms with Gasteiger partial charge >= 0.3 is 5.97 Å². The van der Waals surface area contributed by atoms with Crippen LogP contribution in [0.2, 0.25) is 0 Å². The lowest BCUT2D eigenvalue weighted by atomic mass is 10.0. The molecule has 190 valence electrons. The minimum Gasteiger partial charge on any atom is -0.490 e. The third-order valence-corrected chi connectivity index (χ3v) is 7.25. The first-order chi connectivity index (χ1) is 18.4. The van der Waals surface area contributed by atoms with Gasteiger partial charge in [0, 0.05) is 0 Å². The summed E-state index contributed by atoms with van der Waals surface area (Å²) in [6, 6.07) is 24.4. The largest absolute Gasteiger partial charge is 0.490 e. The summed E-state index contributed by atoms with van der Waals surface area (Å²) in [6.45, 7) is 4.23. The van der Waals surface area contributed by atoms with Crippen molar-refractivity contribution in [1.82, 2.24) is 5.32 Å². The summed E-state index contributed by atoms with van der Waals surface area (Å²) in [5.74, 6) is -0.0602. The predicted octanol–water partition coefficient (Wildman–Crippen LogP) is 7.42. The van der Waals surface area contributed by atoms with E-state index in [9.17, 15) is 9.59 Å². The first kappa shape index (κ1) is 25.8. The van der Waals surface area contributed by atoms with Crippen molar-refractivity contribution in [2.75, 3.05) is 6.61 Å². The minimum atomic E-state index is -0.489. The maximum absolute atomic E-state index is 13.2. The highest BCUT2D eigenvalue weighted by Gasteiger charge is 2.25. The highest BCUT2D eigenvalue weighted by Crippen LogP contribution is 2.39. The number of carbonyl (C=O) groups is 2. The van der Waals surface area contributed by atoms with E-state index in [1.165, 1.54) is 11.8 Å². The van der Waals surface area contributed by atoms with Crippen LogP contribution in [0.25, 0.3) is 16.8 Å². The van der Waals surface area contributed by atoms with Crippen molar-refractivity contribution in [3.63, 3.8) is 0 Å². The fourth-order valence-electron chi connectivity index (χ4n) is 3.95. The standard InChI is InChI=1S/C30H23BrN2O4S/c1-3-36-25-16-19(17-26-28(34)33-30(38-26)32-21-13-11-18(2)12-14-21)15-24(31)27(25)37-29(35)23-10-6-8-20-7-4-5-9-22(20)23/h4-17H,3H2,1-2H3,(H,32,33,34)/b26-17-. The van der Waals surface area contributed by atoms with Gasteiger partial charge in [-0.15, -0.1) is 0 Å². The molecule has 1 heterocycles. The number of carbonyl (C=O) groups excluding carboxylic acids is 2. The van der Waals surface area contributed by atoms with Gasteiger partial charge in [-0.3, -0.25) is 4.79 Å². The number of rotatable bonds is 6. The molecule has 1 amide bonds. The van der Waals surface area contributed by atoms with E-state index in [0.29, 0.717) is 38.0 Å². The molecule has 6 nitrogen and oxygen atoms in total. The molecule has 0 aromatic heterocycles. The Kier molecular flexibility index (Phi) is 7.62. The number of fused-ring (bicyclic) bond motifs is 1. The van der Waals surface area contributed by atoms with E-state index < -0.39 is 5.97 Å². The lowest BCUT2D eigenvalue weighted by molar-refractivity contribution is -0.115. The molecule has 0 unspecified atom stereocenters. The Labute approximate surface area is 232 Å². The van der Waals surface area contributed by atoms with E-state index in [2.05, 4.69) is 26.2 Å². The molecule has 0 atom stereocenters. The molecule has 0 bridgehead atoms. The summed E-state index contributed by atoms with van der Waals surface area (Å²) in [5.41, 5.74) is 3.07. The number of amidine groups is 1. The topological polar surface area (TPSA) is 77.0 Å². The van der Waals surface area contributed by atoms with Gasteiger partial charge in [0.2, 0.25) is 0 Å². The van der Waals surface area contributed by atoms with Crippen LogP contribution >= 0.6 is 27.7 Å². The summed E-state index contributed by atoms with van der Waals surface area (Å²) in [7, 11) is 0. The normalized spacial score (nSPS) is 15.2. The third kappa shape index (κ3) is 5.66. The second-order valence-corrected chi connectivity index (χ2v) is 10.4. The van der Waals surface area contributed by atoms with Crippen molar-refractivity contribution in [2.24, 2.45) is 4.99 Å². The molecule has 1 aliphatic rings. The van der Waals surface area contributed by atoms with E-state index in [1.807, 2.05) is 74.5 Å². The van der Waals surface area contributed by atoms with Crippen molar-refractivity contribution < 1.29 is 19.1 Å². The molecule has 0 saturated carbocycles. The van der Waals surface area contributed by atoms with E-state index in [4.69, 9.17) is 9.47 Å². The van der Waals surface area contributed by atoms with Crippen LogP contribution in [0.1, 0.15) is 28.4 Å². The van der Waals surface area contributed by atoms with Crippen LogP contribution in [0.4, 0.5) is 5.69 Å². The third-order valence-electron chi connectivity index (χ3n) is 5.75. The zero-order valence-corrected chi connectivity index (χ0v) is 23.1. The molecular weight excluding hydrogens is 564 g/mol. The lowest BCUT2D eigenvalue weighted by Crippen LogP contribution is -2.19. The number of esters is 1. The van der Waals surface area contributed by atoms with Crippen LogP contribution in [0, 0.1) is 6.92 Å². The molecule has 1 N–H and O–H groups in total. The Morgan fingerprint density at radius 3 is 2.61 bits per heavy atom. The number of thioether (sulfide) groups is 1. The van der Waals surface area contributed by atoms with E-state index >= 15 is 0 Å². The average Bonchev–Trinajstić information content (AvgIpc) is 3.25. The molecule has 4 aromatic carbocycles. The molecule has 1 saturated heterocycles. The van der Waals surface area contributed by atoms with E-state index in [-0.39, 0.29) is 11.7 Å². The van der Waals surface area contributed by atoms with Crippen LogP contribution in [0.15, 0.2) is 93.2 Å². The predicted molar refractivity (Wildman–Crippen MR) is 156 cm³/mol. The van der Waals surface area contributed by atoms with E-state index in [1.54, 1.807) is 24.3 Å². The van der Waals surface area contributed by atoms with E-state index in [0.717, 1.165) is 22.0 Å². The first-order valence-electron chi connectivity index (χ1n) is 11.9. The zero-order valence-electron chi connectivity index (χ0n) is 20.7. The molecule has 0 aliphatic carbocycles. The average molecular weight is 587 g/mol. The number of ether oxygens (including phenoxy) is 2. The van der Waals surface area contributed by atoms with Crippen molar-refractivity contribution in [3.05, 3.63) is 105 Å². The number of nitrogens with zero attached hydrogens (tertiary/aromatic N) is 1. The monoisotopic (exact) mass is 586 g/mol. The Balaban J connectivity index is 1.42. The zero-order chi connectivity index (χ0) is 26.6. The van der Waals surface area contributed by atoms with Crippen LogP contribution in [-0.4, -0.2) is 23.7 Å². The van der Waals surface area contributed by atoms with Gasteiger partial charge in [-0.05, 0) is 94.3 Å². The molecule has 0 radical (unpaired) electrons. The lowest BCUT2D eigenvalue weighted by Gasteiger charge is -2.14. The number of amides is 1. The van der Waals surface area contributed by atoms with Crippen LogP contribution < -0.4 is 14.8 Å². The molecule has 8 heteroatoms. The number of hydrogen-bond acceptors (Lipinski definition) is 6. The maximum atomic E-state index is 13.2. The molecule has 1 fully saturated rings. The van der Waals surface area contributed by atoms with Gasteiger partial charge in [-0.25, -0.2) is 9.79 Å². The number of hydrogen-bond donors (Lipinski definition) is 1. The van der Waals surface area contributed by atoms with Crippen LogP contribution in [0.3, 0.4) is 0 Å². The smallest absolute Gasteiger partial charge is 0.344 e. The summed E-state index contributed by atoms with van der Waals surface area (Å²) in [6.07, 6.45) is 1.75. The van der Waals surface area contributed by atoms with Gasteiger partial charge in [-0.1, -0.05) is 54.1 Å². The molecule has 1 aliphatic heterocycles. The fraction of sp³-hybridized carbons (Fsp3) is 0.100. The quantitative estimate of drug-likeness (QED) is 0.144. The second kappa shape index (κ2) is 11.2. The Bertz CT molecular complexity index is 1610. The number of halogens is 1. The molecule has 38 heavy (non-hydrogen) atoms. The molecule has 0 spiro atoms. The van der Waals surface area contributed by atoms with Gasteiger partial charge in [0.05, 0.1) is 27.2 Å². The SMILES string of the molecule is CCOc1cc(/C=C2\SC(=Nc3ccc(C)cc3)NC2=O)cc(Br)c1OC(=O)c1cccc2ccccc12. The van der Waals surface area contributed by atoms with Crippen molar-refractivity contribution in [1.29, 1.82) is 0 Å². The Morgan fingerprint density at radius 1 is 1.05 bits per heavy atom. The van der Waals surface area contributed by atoms with Crippen molar-refractivity contribution >= 4 is 67.3 Å². The Hall–Kier alpha value is -3.88. The van der Waals surface area contributed by atoms with Crippen molar-refractivity contribution in [3.8, 4) is 11.5 Å². The highest BCUT2D eigenvalue weighted by atomic mass is 79.9. The minimum absolute atomic E-state index is 0.235. The first-order valence-corrected chi connectivity index (χ1v) is 13.5. The fourth-order valence-corrected chi connectivity index (χ4v) is 5.34. The van der Waals surface area contributed by atoms with Crippen LogP contribution in [-0.2, 0) is 4.79 Å². The number of aliphatic imine (C=N–C) groups is 1. The van der Waals surface area contributed by atoms with Gasteiger partial charge < -0.3 is 14.8 Å². The Morgan fingerprint density at radius 2 is 1.82 bits per heavy atom. The van der Waals surface area contributed by atoms with Gasteiger partial charge in [0.25, 0.3) is 5.91 Å². The molecule has 5 rings (SSSR count). The summed E-state index contributed by atoms with van der Waals surface area (Å²) >= 11 is 4.79. The van der Waals surface area contributed by atoms with Gasteiger partial charge in [-0.2, -0.15) is 0 Å². The van der Waals surface area contributed by atoms with Crippen LogP contribution in [0.5, 0.6) is 11.5 Å². The van der Waals surface area contributed by atoms with Gasteiger partial charge in [0.15, 0.2) is 16.7 Å². The summed E-state index contributed by atoms with van der Waals surface area (Å²) < 4.78 is 12.2. The van der Waals surface area contributed by atoms with Gasteiger partial charge in [0.1, 0.15) is 0 Å². The maximum Gasteiger partial charge on any atom is 0.344 e. The summed E-state index contributed by atoms with van der Waals surface area (Å²) in [5, 5.41) is 5.07. The second-order valence-electron chi connectivity index (χ2n) is 8.50. The number of benzene rings is 4. The summed E-state index contributed by atoms with van der Waals surface area (Å²) in [4.78, 5) is 30.8. The number of aryl methyl sites for hydroxylation is 1. The highest BCUT2D eigenvalue weighted by molar-refractivity contribution is 9.10. The molecule has 4 aromatic rings. The van der Waals surface area contributed by atoms with Crippen molar-refractivity contribution in [2.45, 2.75) is 13.8 Å². The number of nitrogens with one attached hydrogen (secondary N) is 1.